The van der Waals surface area contributed by atoms with E-state index in [4.69, 9.17) is 23.7 Å². The van der Waals surface area contributed by atoms with Gasteiger partial charge in [0.05, 0.1) is 6.61 Å². The number of allylic oxidation sites excluding steroid dienone is 10. The quantitative estimate of drug-likeness (QED) is 0.0228. The zero-order valence-corrected chi connectivity index (χ0v) is 47.5. The van der Waals surface area contributed by atoms with Crippen molar-refractivity contribution >= 4 is 23.9 Å². The van der Waals surface area contributed by atoms with Crippen LogP contribution in [0.15, 0.2) is 60.8 Å². The minimum absolute atomic E-state index is 0.0464. The Balaban J connectivity index is 2.68. The molecule has 12 nitrogen and oxygen atoms in total. The van der Waals surface area contributed by atoms with Gasteiger partial charge in [0.2, 0.25) is 0 Å². The highest BCUT2D eigenvalue weighted by Crippen LogP contribution is 2.26. The Labute approximate surface area is 456 Å². The van der Waals surface area contributed by atoms with Gasteiger partial charge in [-0.1, -0.05) is 204 Å². The Bertz CT molecular complexity index is 1540. The second-order valence-corrected chi connectivity index (χ2v) is 20.6. The Kier molecular flexibility index (Phi) is 47.4. The zero-order chi connectivity index (χ0) is 54.7. The van der Waals surface area contributed by atoms with Crippen molar-refractivity contribution in [3.63, 3.8) is 0 Å². The van der Waals surface area contributed by atoms with Crippen LogP contribution in [0.2, 0.25) is 0 Å². The van der Waals surface area contributed by atoms with Crippen LogP contribution in [0.5, 0.6) is 0 Å². The van der Waals surface area contributed by atoms with Crippen molar-refractivity contribution in [3.05, 3.63) is 60.8 Å². The van der Waals surface area contributed by atoms with Gasteiger partial charge in [0, 0.05) is 19.3 Å². The van der Waals surface area contributed by atoms with Crippen LogP contribution in [0.3, 0.4) is 0 Å². The minimum atomic E-state index is -1.91. The SMILES string of the molecule is CC/C=C\C/C=C\C/C=C\CCCCCC(=O)OC(COC(=O)CCCCCCCCCCC/C=C\CCCCCCCC)COC1OC(C(=O)O)C(O)C(O)C1OC(=O)CCCCCCC/C=C\CCCCCC. The number of hydrogen-bond acceptors (Lipinski definition) is 11. The molecule has 0 aromatic carbocycles. The lowest BCUT2D eigenvalue weighted by molar-refractivity contribution is -0.301. The molecule has 1 rings (SSSR count). The van der Waals surface area contributed by atoms with Crippen LogP contribution in [-0.2, 0) is 42.9 Å². The van der Waals surface area contributed by atoms with E-state index in [1.54, 1.807) is 0 Å². The Morgan fingerprint density at radius 3 is 1.32 bits per heavy atom. The van der Waals surface area contributed by atoms with Gasteiger partial charge in [-0.3, -0.25) is 14.4 Å². The molecule has 12 heteroatoms. The number of carboxylic acid groups (broad SMARTS) is 1. The van der Waals surface area contributed by atoms with Crippen LogP contribution in [0, 0.1) is 0 Å². The normalized spacial score (nSPS) is 18.5. The van der Waals surface area contributed by atoms with E-state index in [1.165, 1.54) is 109 Å². The van der Waals surface area contributed by atoms with Gasteiger partial charge in [0.15, 0.2) is 24.6 Å². The summed E-state index contributed by atoms with van der Waals surface area (Å²) in [6.07, 6.45) is 50.5. The number of hydrogen-bond donors (Lipinski definition) is 3. The van der Waals surface area contributed by atoms with Crippen molar-refractivity contribution in [2.45, 2.75) is 302 Å². The third kappa shape index (κ3) is 41.2. The van der Waals surface area contributed by atoms with Crippen molar-refractivity contribution in [3.8, 4) is 0 Å². The number of unbranched alkanes of at least 4 members (excludes halogenated alkanes) is 27. The summed E-state index contributed by atoms with van der Waals surface area (Å²) >= 11 is 0. The minimum Gasteiger partial charge on any atom is -0.479 e. The van der Waals surface area contributed by atoms with Crippen molar-refractivity contribution in [2.75, 3.05) is 13.2 Å². The molecule has 1 fully saturated rings. The van der Waals surface area contributed by atoms with Gasteiger partial charge in [-0.25, -0.2) is 4.79 Å². The predicted molar refractivity (Wildman–Crippen MR) is 303 cm³/mol. The molecular weight excluding hydrogens is 949 g/mol. The van der Waals surface area contributed by atoms with Crippen molar-refractivity contribution < 1.29 is 58.2 Å². The monoisotopic (exact) mass is 1060 g/mol. The fraction of sp³-hybridized carbons (Fsp3) is 0.778. The van der Waals surface area contributed by atoms with Crippen LogP contribution < -0.4 is 0 Å². The number of rotatable bonds is 51. The topological polar surface area (TPSA) is 175 Å². The summed E-state index contributed by atoms with van der Waals surface area (Å²) in [6, 6.07) is 0. The summed E-state index contributed by atoms with van der Waals surface area (Å²) in [4.78, 5) is 51.1. The smallest absolute Gasteiger partial charge is 0.335 e. The molecule has 75 heavy (non-hydrogen) atoms. The van der Waals surface area contributed by atoms with Crippen LogP contribution in [0.25, 0.3) is 0 Å². The Hall–Kier alpha value is -3.58. The summed E-state index contributed by atoms with van der Waals surface area (Å²) in [7, 11) is 0. The maximum Gasteiger partial charge on any atom is 0.335 e. The highest BCUT2D eigenvalue weighted by molar-refractivity contribution is 5.74. The number of aliphatic carboxylic acids is 1. The summed E-state index contributed by atoms with van der Waals surface area (Å²) in [6.45, 7) is 5.84. The third-order valence-electron chi connectivity index (χ3n) is 13.5. The maximum absolute atomic E-state index is 13.1. The molecule has 1 aliphatic heterocycles. The summed E-state index contributed by atoms with van der Waals surface area (Å²) in [5, 5.41) is 31.5. The van der Waals surface area contributed by atoms with E-state index in [2.05, 4.69) is 81.5 Å². The number of aliphatic hydroxyl groups excluding tert-OH is 2. The van der Waals surface area contributed by atoms with Gasteiger partial charge < -0.3 is 39.0 Å². The lowest BCUT2D eigenvalue weighted by Gasteiger charge is -2.40. The molecule has 0 spiro atoms. The highest BCUT2D eigenvalue weighted by Gasteiger charge is 2.50. The van der Waals surface area contributed by atoms with E-state index in [0.717, 1.165) is 96.3 Å². The van der Waals surface area contributed by atoms with E-state index in [9.17, 15) is 34.5 Å². The molecule has 6 atom stereocenters. The van der Waals surface area contributed by atoms with Crippen molar-refractivity contribution in [1.29, 1.82) is 0 Å². The predicted octanol–water partition coefficient (Wildman–Crippen LogP) is 15.6. The van der Waals surface area contributed by atoms with Crippen molar-refractivity contribution in [2.24, 2.45) is 0 Å². The van der Waals surface area contributed by atoms with Crippen molar-refractivity contribution in [1.82, 2.24) is 0 Å². The van der Waals surface area contributed by atoms with Crippen LogP contribution in [0.1, 0.15) is 265 Å². The average Bonchev–Trinajstić information content (AvgIpc) is 3.39. The number of carboxylic acids is 1. The van der Waals surface area contributed by atoms with E-state index >= 15 is 0 Å². The second kappa shape index (κ2) is 51.2. The molecule has 0 aromatic rings. The van der Waals surface area contributed by atoms with Crippen LogP contribution >= 0.6 is 0 Å². The van der Waals surface area contributed by atoms with E-state index in [0.29, 0.717) is 19.3 Å². The Morgan fingerprint density at radius 2 is 0.840 bits per heavy atom. The van der Waals surface area contributed by atoms with Gasteiger partial charge >= 0.3 is 23.9 Å². The first kappa shape index (κ1) is 69.4. The summed E-state index contributed by atoms with van der Waals surface area (Å²) in [5.41, 5.74) is 0. The van der Waals surface area contributed by atoms with Gasteiger partial charge in [0.1, 0.15) is 18.8 Å². The van der Waals surface area contributed by atoms with Gasteiger partial charge in [-0.2, -0.15) is 0 Å². The standard InChI is InChI=1S/C63H108O12/c1-4-7-10-13-16-19-22-25-26-27-28-29-30-33-34-37-40-43-46-49-55(64)71-52-54(73-56(65)50-47-44-41-38-35-31-23-20-17-14-11-8-5-2)53-72-63-61(59(68)58(67)60(75-63)62(69)70)74-57(66)51-48-45-42-39-36-32-24-21-18-15-12-9-6-3/h8,11,17,20-21,24-26,31,35,54,58-61,63,67-68H,4-7,9-10,12-16,18-19,22-23,27-30,32-34,36-53H2,1-3H3,(H,69,70)/b11-8-,20-17-,24-21-,26-25-,35-31-. The second-order valence-electron chi connectivity index (χ2n) is 20.6. The molecule has 6 unspecified atom stereocenters. The molecule has 0 radical (unpaired) electrons. The fourth-order valence-corrected chi connectivity index (χ4v) is 8.90. The Morgan fingerprint density at radius 1 is 0.453 bits per heavy atom. The first-order chi connectivity index (χ1) is 36.6. The molecule has 0 saturated carbocycles. The largest absolute Gasteiger partial charge is 0.479 e. The van der Waals surface area contributed by atoms with Crippen LogP contribution in [0.4, 0.5) is 0 Å². The zero-order valence-electron chi connectivity index (χ0n) is 47.5. The maximum atomic E-state index is 13.1. The first-order valence-electron chi connectivity index (χ1n) is 30.3. The third-order valence-corrected chi connectivity index (χ3v) is 13.5. The van der Waals surface area contributed by atoms with Gasteiger partial charge in [-0.15, -0.1) is 0 Å². The number of carbonyl (C=O) groups is 4. The number of ether oxygens (including phenoxy) is 5. The highest BCUT2D eigenvalue weighted by atomic mass is 16.7. The summed E-state index contributed by atoms with van der Waals surface area (Å²) in [5.74, 6) is -3.16. The van der Waals surface area contributed by atoms with E-state index in [1.807, 2.05) is 0 Å². The number of aliphatic hydroxyl groups is 2. The molecule has 1 aliphatic rings. The molecule has 0 aromatic heterocycles. The van der Waals surface area contributed by atoms with E-state index in [-0.39, 0.29) is 25.9 Å². The molecule has 0 amide bonds. The molecule has 432 valence electrons. The fourth-order valence-electron chi connectivity index (χ4n) is 8.90. The molecule has 1 saturated heterocycles. The van der Waals surface area contributed by atoms with Crippen LogP contribution in [-0.4, -0.2) is 89.2 Å². The number of carbonyl (C=O) groups excluding carboxylic acids is 3. The van der Waals surface area contributed by atoms with E-state index < -0.39 is 67.3 Å². The average molecular weight is 1060 g/mol. The molecule has 0 bridgehead atoms. The van der Waals surface area contributed by atoms with Gasteiger partial charge in [-0.05, 0) is 103 Å². The van der Waals surface area contributed by atoms with Gasteiger partial charge in [0.25, 0.3) is 0 Å². The molecule has 3 N–H and O–H groups in total. The first-order valence-corrected chi connectivity index (χ1v) is 30.3. The summed E-state index contributed by atoms with van der Waals surface area (Å²) < 4.78 is 28.4. The molecule has 1 heterocycles. The molecule has 0 aliphatic carbocycles. The lowest BCUT2D eigenvalue weighted by atomic mass is 9.98. The molecular formula is C63H108O12. The number of esters is 3. The lowest BCUT2D eigenvalue weighted by Crippen LogP contribution is -2.61.